The largest absolute Gasteiger partial charge is 0.401 e. The van der Waals surface area contributed by atoms with Crippen molar-refractivity contribution in [3.63, 3.8) is 0 Å². The van der Waals surface area contributed by atoms with Crippen LogP contribution < -0.4 is 5.73 Å². The zero-order valence-electron chi connectivity index (χ0n) is 11.2. The molecule has 0 radical (unpaired) electrons. The number of aryl methyl sites for hydroxylation is 1. The molecular formula is C15H20N2O. The number of benzene rings is 1. The molecule has 3 heteroatoms. The lowest BCUT2D eigenvalue weighted by Gasteiger charge is -2.00. The number of ketones is 1. The zero-order chi connectivity index (χ0) is 13.5. The van der Waals surface area contributed by atoms with Gasteiger partial charge < -0.3 is 5.73 Å². The monoisotopic (exact) mass is 244 g/mol. The first-order valence-corrected chi connectivity index (χ1v) is 6.12. The van der Waals surface area contributed by atoms with E-state index in [4.69, 9.17) is 5.73 Å². The predicted octanol–water partition coefficient (Wildman–Crippen LogP) is 3.24. The summed E-state index contributed by atoms with van der Waals surface area (Å²) >= 11 is 0. The van der Waals surface area contributed by atoms with Crippen LogP contribution in [0.2, 0.25) is 0 Å². The smallest absolute Gasteiger partial charge is 0.168 e. The normalized spacial score (nSPS) is 12.6. The third-order valence-electron chi connectivity index (χ3n) is 2.75. The van der Waals surface area contributed by atoms with Gasteiger partial charge in [-0.1, -0.05) is 30.7 Å². The van der Waals surface area contributed by atoms with Gasteiger partial charge in [0.05, 0.1) is 5.70 Å². The molecule has 0 bridgehead atoms. The quantitative estimate of drug-likeness (QED) is 0.638. The summed E-state index contributed by atoms with van der Waals surface area (Å²) in [6, 6.07) is 7.57. The van der Waals surface area contributed by atoms with Crippen LogP contribution in [-0.2, 0) is 0 Å². The third-order valence-corrected chi connectivity index (χ3v) is 2.75. The molecule has 1 aromatic carbocycles. The van der Waals surface area contributed by atoms with E-state index in [1.807, 2.05) is 45.0 Å². The van der Waals surface area contributed by atoms with Crippen molar-refractivity contribution < 1.29 is 4.79 Å². The standard InChI is InChI=1S/C15H20N2O/c1-4-14(16)12(3)17-9-8-15(18)13-7-5-6-11(2)10-13/h5-7,9-10H,4,8,16H2,1-3H3/b14-12-,17-9?. The Morgan fingerprint density at radius 2 is 2.17 bits per heavy atom. The summed E-state index contributed by atoms with van der Waals surface area (Å²) in [7, 11) is 0. The molecule has 0 aromatic heterocycles. The number of rotatable bonds is 5. The summed E-state index contributed by atoms with van der Waals surface area (Å²) in [4.78, 5) is 16.1. The Kier molecular flexibility index (Phi) is 5.31. The molecule has 0 saturated heterocycles. The van der Waals surface area contributed by atoms with Crippen molar-refractivity contribution in [1.29, 1.82) is 0 Å². The number of allylic oxidation sites excluding steroid dienone is 2. The molecule has 0 saturated carbocycles. The second-order valence-electron chi connectivity index (χ2n) is 4.27. The summed E-state index contributed by atoms with van der Waals surface area (Å²) < 4.78 is 0. The number of carbonyl (C=O) groups is 1. The van der Waals surface area contributed by atoms with Crippen LogP contribution >= 0.6 is 0 Å². The van der Waals surface area contributed by atoms with E-state index in [0.717, 1.165) is 28.9 Å². The van der Waals surface area contributed by atoms with Crippen LogP contribution in [0.5, 0.6) is 0 Å². The molecule has 0 amide bonds. The molecule has 0 aliphatic heterocycles. The van der Waals surface area contributed by atoms with Crippen molar-refractivity contribution in [3.8, 4) is 0 Å². The molecule has 2 N–H and O–H groups in total. The number of hydrogen-bond acceptors (Lipinski definition) is 3. The lowest BCUT2D eigenvalue weighted by molar-refractivity contribution is 0.100. The van der Waals surface area contributed by atoms with E-state index in [2.05, 4.69) is 4.99 Å². The van der Waals surface area contributed by atoms with E-state index in [-0.39, 0.29) is 5.78 Å². The molecule has 0 unspecified atom stereocenters. The molecule has 0 aliphatic carbocycles. The average Bonchev–Trinajstić information content (AvgIpc) is 2.37. The van der Waals surface area contributed by atoms with Gasteiger partial charge in [0.2, 0.25) is 0 Å². The Labute approximate surface area is 108 Å². The van der Waals surface area contributed by atoms with Crippen molar-refractivity contribution in [2.24, 2.45) is 10.7 Å². The van der Waals surface area contributed by atoms with Gasteiger partial charge in [-0.3, -0.25) is 9.79 Å². The summed E-state index contributed by atoms with van der Waals surface area (Å²) in [6.45, 7) is 5.80. The Bertz CT molecular complexity index is 487. The second-order valence-corrected chi connectivity index (χ2v) is 4.27. The van der Waals surface area contributed by atoms with Gasteiger partial charge >= 0.3 is 0 Å². The topological polar surface area (TPSA) is 55.4 Å². The second kappa shape index (κ2) is 6.74. The molecule has 0 spiro atoms. The van der Waals surface area contributed by atoms with Crippen molar-refractivity contribution in [3.05, 3.63) is 46.8 Å². The average molecular weight is 244 g/mol. The van der Waals surface area contributed by atoms with Gasteiger partial charge in [0.15, 0.2) is 5.78 Å². The molecule has 3 nitrogen and oxygen atoms in total. The van der Waals surface area contributed by atoms with Crippen molar-refractivity contribution in [1.82, 2.24) is 0 Å². The fraction of sp³-hybridized carbons (Fsp3) is 0.333. The van der Waals surface area contributed by atoms with Crippen LogP contribution in [0, 0.1) is 6.92 Å². The lowest BCUT2D eigenvalue weighted by Crippen LogP contribution is -2.01. The van der Waals surface area contributed by atoms with Crippen LogP contribution in [-0.4, -0.2) is 12.0 Å². The molecule has 0 fully saturated rings. The van der Waals surface area contributed by atoms with E-state index in [1.54, 1.807) is 6.21 Å². The zero-order valence-corrected chi connectivity index (χ0v) is 11.2. The highest BCUT2D eigenvalue weighted by atomic mass is 16.1. The highest BCUT2D eigenvalue weighted by Crippen LogP contribution is 2.07. The first-order valence-electron chi connectivity index (χ1n) is 6.12. The van der Waals surface area contributed by atoms with Crippen LogP contribution in [0.1, 0.15) is 42.6 Å². The molecular weight excluding hydrogens is 224 g/mol. The van der Waals surface area contributed by atoms with E-state index in [1.165, 1.54) is 0 Å². The Morgan fingerprint density at radius 3 is 2.78 bits per heavy atom. The number of aliphatic imine (C=N–C) groups is 1. The summed E-state index contributed by atoms with van der Waals surface area (Å²) in [5.41, 5.74) is 9.11. The molecule has 1 aromatic rings. The molecule has 0 heterocycles. The van der Waals surface area contributed by atoms with Gasteiger partial charge in [0.1, 0.15) is 0 Å². The summed E-state index contributed by atoms with van der Waals surface area (Å²) in [6.07, 6.45) is 2.70. The van der Waals surface area contributed by atoms with Gasteiger partial charge in [-0.2, -0.15) is 0 Å². The first-order chi connectivity index (χ1) is 8.54. The minimum Gasteiger partial charge on any atom is -0.401 e. The third kappa shape index (κ3) is 4.17. The highest BCUT2D eigenvalue weighted by molar-refractivity contribution is 6.03. The van der Waals surface area contributed by atoms with E-state index < -0.39 is 0 Å². The number of hydrogen-bond donors (Lipinski definition) is 1. The minimum atomic E-state index is 0.0744. The minimum absolute atomic E-state index is 0.0744. The Hall–Kier alpha value is -1.90. The molecule has 96 valence electrons. The van der Waals surface area contributed by atoms with Gasteiger partial charge in [-0.15, -0.1) is 0 Å². The van der Waals surface area contributed by atoms with E-state index >= 15 is 0 Å². The van der Waals surface area contributed by atoms with Gasteiger partial charge in [-0.05, 0) is 26.3 Å². The van der Waals surface area contributed by atoms with E-state index in [0.29, 0.717) is 6.42 Å². The lowest BCUT2D eigenvalue weighted by atomic mass is 10.1. The molecule has 1 rings (SSSR count). The van der Waals surface area contributed by atoms with Crippen molar-refractivity contribution in [2.45, 2.75) is 33.6 Å². The van der Waals surface area contributed by atoms with Crippen molar-refractivity contribution >= 4 is 12.0 Å². The first kappa shape index (κ1) is 14.2. The fourth-order valence-corrected chi connectivity index (χ4v) is 1.54. The van der Waals surface area contributed by atoms with Gasteiger partial charge in [0, 0.05) is 23.9 Å². The molecule has 18 heavy (non-hydrogen) atoms. The fourth-order valence-electron chi connectivity index (χ4n) is 1.54. The van der Waals surface area contributed by atoms with Gasteiger partial charge in [0.25, 0.3) is 0 Å². The number of carbonyl (C=O) groups excluding carboxylic acids is 1. The van der Waals surface area contributed by atoms with Crippen LogP contribution in [0.15, 0.2) is 40.7 Å². The Balaban J connectivity index is 2.65. The maximum Gasteiger partial charge on any atom is 0.168 e. The summed E-state index contributed by atoms with van der Waals surface area (Å²) in [5, 5.41) is 0. The molecule has 0 aliphatic rings. The maximum atomic E-state index is 11.9. The van der Waals surface area contributed by atoms with Crippen molar-refractivity contribution in [2.75, 3.05) is 0 Å². The van der Waals surface area contributed by atoms with E-state index in [9.17, 15) is 4.79 Å². The van der Waals surface area contributed by atoms with Crippen LogP contribution in [0.25, 0.3) is 0 Å². The SMILES string of the molecule is CC/C(N)=C(\C)N=CCC(=O)c1cccc(C)c1. The number of Topliss-reactive ketones (excluding diaryl/α,β-unsaturated/α-hetero) is 1. The Morgan fingerprint density at radius 1 is 1.44 bits per heavy atom. The summed E-state index contributed by atoms with van der Waals surface area (Å²) in [5.74, 6) is 0.0744. The molecule has 0 atom stereocenters. The van der Waals surface area contributed by atoms with Crippen LogP contribution in [0.3, 0.4) is 0 Å². The highest BCUT2D eigenvalue weighted by Gasteiger charge is 2.03. The maximum absolute atomic E-state index is 11.9. The van der Waals surface area contributed by atoms with Gasteiger partial charge in [-0.25, -0.2) is 0 Å². The predicted molar refractivity (Wildman–Crippen MR) is 75.8 cm³/mol. The number of nitrogens with zero attached hydrogens (tertiary/aromatic N) is 1. The van der Waals surface area contributed by atoms with Crippen LogP contribution in [0.4, 0.5) is 0 Å². The number of nitrogens with two attached hydrogens (primary N) is 1.